The van der Waals surface area contributed by atoms with E-state index < -0.39 is 0 Å². The van der Waals surface area contributed by atoms with Crippen LogP contribution in [-0.4, -0.2) is 29.6 Å². The summed E-state index contributed by atoms with van der Waals surface area (Å²) in [6, 6.07) is 8.96. The monoisotopic (exact) mass is 290 g/mol. The van der Waals surface area contributed by atoms with E-state index in [1.807, 2.05) is 6.92 Å². The van der Waals surface area contributed by atoms with Gasteiger partial charge in [0.05, 0.1) is 16.9 Å². The topological polar surface area (TPSA) is 62.1 Å². The van der Waals surface area contributed by atoms with Crippen LogP contribution in [0.4, 0.5) is 5.69 Å². The molecule has 20 heavy (non-hydrogen) atoms. The lowest BCUT2D eigenvalue weighted by atomic mass is 10.2. The number of nitrogens with zero attached hydrogens (tertiary/aromatic N) is 1. The SMILES string of the molecule is CC(SC1CCOCC1)C(=O)Nc1ccc(C#N)cc1. The predicted molar refractivity (Wildman–Crippen MR) is 80.7 cm³/mol. The quantitative estimate of drug-likeness (QED) is 0.926. The molecule has 1 aromatic carbocycles. The molecule has 1 aliphatic heterocycles. The molecule has 1 atom stereocenters. The molecule has 1 saturated heterocycles. The van der Waals surface area contributed by atoms with Crippen LogP contribution in [0.25, 0.3) is 0 Å². The number of rotatable bonds is 4. The van der Waals surface area contributed by atoms with Gasteiger partial charge in [0.15, 0.2) is 0 Å². The molecule has 0 saturated carbocycles. The molecule has 0 radical (unpaired) electrons. The predicted octanol–water partition coefficient (Wildman–Crippen LogP) is 2.80. The van der Waals surface area contributed by atoms with Crippen molar-refractivity contribution in [2.24, 2.45) is 0 Å². The zero-order valence-electron chi connectivity index (χ0n) is 11.5. The summed E-state index contributed by atoms with van der Waals surface area (Å²) in [5.74, 6) is 0.00574. The van der Waals surface area contributed by atoms with Crippen molar-refractivity contribution in [1.82, 2.24) is 0 Å². The van der Waals surface area contributed by atoms with Gasteiger partial charge in [-0.15, -0.1) is 11.8 Å². The second-order valence-electron chi connectivity index (χ2n) is 4.77. The van der Waals surface area contributed by atoms with E-state index >= 15 is 0 Å². The average Bonchev–Trinajstić information content (AvgIpc) is 2.49. The first kappa shape index (κ1) is 14.9. The molecular weight excluding hydrogens is 272 g/mol. The molecule has 1 fully saturated rings. The molecule has 2 rings (SSSR count). The minimum Gasteiger partial charge on any atom is -0.381 e. The molecular formula is C15H18N2O2S. The van der Waals surface area contributed by atoms with Crippen LogP contribution in [0.5, 0.6) is 0 Å². The normalized spacial score (nSPS) is 17.2. The maximum atomic E-state index is 12.1. The van der Waals surface area contributed by atoms with Crippen LogP contribution in [0.2, 0.25) is 0 Å². The highest BCUT2D eigenvalue weighted by atomic mass is 32.2. The van der Waals surface area contributed by atoms with Crippen molar-refractivity contribution in [2.45, 2.75) is 30.3 Å². The molecule has 1 unspecified atom stereocenters. The Balaban J connectivity index is 1.85. The molecule has 1 heterocycles. The lowest BCUT2D eigenvalue weighted by Gasteiger charge is -2.24. The zero-order valence-corrected chi connectivity index (χ0v) is 12.3. The Morgan fingerprint density at radius 3 is 2.65 bits per heavy atom. The van der Waals surface area contributed by atoms with Crippen LogP contribution in [0, 0.1) is 11.3 Å². The summed E-state index contributed by atoms with van der Waals surface area (Å²) in [4.78, 5) is 12.1. The number of benzene rings is 1. The van der Waals surface area contributed by atoms with E-state index in [1.165, 1.54) is 0 Å². The average molecular weight is 290 g/mol. The number of carbonyl (C=O) groups is 1. The number of nitriles is 1. The van der Waals surface area contributed by atoms with E-state index in [-0.39, 0.29) is 11.2 Å². The Bertz CT molecular complexity index is 490. The van der Waals surface area contributed by atoms with E-state index in [0.29, 0.717) is 10.8 Å². The highest BCUT2D eigenvalue weighted by Crippen LogP contribution is 2.26. The van der Waals surface area contributed by atoms with E-state index in [9.17, 15) is 4.79 Å². The van der Waals surface area contributed by atoms with Crippen LogP contribution in [-0.2, 0) is 9.53 Å². The van der Waals surface area contributed by atoms with Gasteiger partial charge in [-0.1, -0.05) is 0 Å². The maximum Gasteiger partial charge on any atom is 0.237 e. The Morgan fingerprint density at radius 2 is 2.05 bits per heavy atom. The van der Waals surface area contributed by atoms with Crippen LogP contribution in [0.1, 0.15) is 25.3 Å². The second-order valence-corrected chi connectivity index (χ2v) is 6.41. The molecule has 106 valence electrons. The molecule has 1 aromatic rings. The van der Waals surface area contributed by atoms with Crippen molar-refractivity contribution in [3.63, 3.8) is 0 Å². The fraction of sp³-hybridized carbons (Fsp3) is 0.467. The fourth-order valence-electron chi connectivity index (χ4n) is 2.03. The van der Waals surface area contributed by atoms with Crippen LogP contribution < -0.4 is 5.32 Å². The van der Waals surface area contributed by atoms with Gasteiger partial charge in [-0.3, -0.25) is 4.79 Å². The molecule has 0 aliphatic carbocycles. The van der Waals surface area contributed by atoms with Gasteiger partial charge in [0.2, 0.25) is 5.91 Å². The summed E-state index contributed by atoms with van der Waals surface area (Å²) in [6.07, 6.45) is 2.03. The minimum atomic E-state index is -0.0891. The summed E-state index contributed by atoms with van der Waals surface area (Å²) in [7, 11) is 0. The highest BCUT2D eigenvalue weighted by molar-refractivity contribution is 8.01. The van der Waals surface area contributed by atoms with Crippen molar-refractivity contribution in [3.8, 4) is 6.07 Å². The molecule has 5 heteroatoms. The smallest absolute Gasteiger partial charge is 0.237 e. The van der Waals surface area contributed by atoms with Crippen molar-refractivity contribution >= 4 is 23.4 Å². The van der Waals surface area contributed by atoms with Gasteiger partial charge in [0, 0.05) is 24.2 Å². The number of hydrogen-bond acceptors (Lipinski definition) is 4. The molecule has 1 aliphatic rings. The van der Waals surface area contributed by atoms with E-state index in [4.69, 9.17) is 10.00 Å². The van der Waals surface area contributed by atoms with Gasteiger partial charge in [0.25, 0.3) is 0 Å². The van der Waals surface area contributed by atoms with Gasteiger partial charge < -0.3 is 10.1 Å². The number of amides is 1. The maximum absolute atomic E-state index is 12.1. The van der Waals surface area contributed by atoms with Crippen molar-refractivity contribution in [3.05, 3.63) is 29.8 Å². The molecule has 1 N–H and O–H groups in total. The number of nitrogens with one attached hydrogen (secondary N) is 1. The molecule has 0 aromatic heterocycles. The second kappa shape index (κ2) is 7.32. The first-order valence-electron chi connectivity index (χ1n) is 6.73. The molecule has 0 spiro atoms. The highest BCUT2D eigenvalue weighted by Gasteiger charge is 2.21. The minimum absolute atomic E-state index is 0.00574. The number of hydrogen-bond donors (Lipinski definition) is 1. The van der Waals surface area contributed by atoms with E-state index in [0.717, 1.165) is 31.7 Å². The van der Waals surface area contributed by atoms with Gasteiger partial charge in [-0.2, -0.15) is 5.26 Å². The van der Waals surface area contributed by atoms with Gasteiger partial charge >= 0.3 is 0 Å². The first-order valence-corrected chi connectivity index (χ1v) is 7.67. The Hall–Kier alpha value is -1.51. The first-order chi connectivity index (χ1) is 9.69. The van der Waals surface area contributed by atoms with Crippen molar-refractivity contribution < 1.29 is 9.53 Å². The third-order valence-corrected chi connectivity index (χ3v) is 4.69. The van der Waals surface area contributed by atoms with E-state index in [1.54, 1.807) is 36.0 Å². The Kier molecular flexibility index (Phi) is 5.45. The summed E-state index contributed by atoms with van der Waals surface area (Å²) >= 11 is 1.71. The largest absolute Gasteiger partial charge is 0.381 e. The van der Waals surface area contributed by atoms with Gasteiger partial charge in [0.1, 0.15) is 0 Å². The number of thioether (sulfide) groups is 1. The van der Waals surface area contributed by atoms with Gasteiger partial charge in [-0.05, 0) is 44.0 Å². The zero-order chi connectivity index (χ0) is 14.4. The molecule has 1 amide bonds. The van der Waals surface area contributed by atoms with Crippen LogP contribution in [0.15, 0.2) is 24.3 Å². The number of anilines is 1. The Labute approximate surface area is 123 Å². The number of carbonyl (C=O) groups excluding carboxylic acids is 1. The fourth-order valence-corrected chi connectivity index (χ4v) is 3.26. The van der Waals surface area contributed by atoms with E-state index in [2.05, 4.69) is 11.4 Å². The summed E-state index contributed by atoms with van der Waals surface area (Å²) in [5.41, 5.74) is 1.32. The lowest BCUT2D eigenvalue weighted by Crippen LogP contribution is -2.27. The summed E-state index contributed by atoms with van der Waals surface area (Å²) < 4.78 is 5.32. The molecule has 4 nitrogen and oxygen atoms in total. The van der Waals surface area contributed by atoms with Crippen molar-refractivity contribution in [2.75, 3.05) is 18.5 Å². The Morgan fingerprint density at radius 1 is 1.40 bits per heavy atom. The third kappa shape index (κ3) is 4.26. The standard InChI is InChI=1S/C15H18N2O2S/c1-11(20-14-6-8-19-9-7-14)15(18)17-13-4-2-12(10-16)3-5-13/h2-5,11,14H,6-9H2,1H3,(H,17,18). The van der Waals surface area contributed by atoms with Gasteiger partial charge in [-0.25, -0.2) is 0 Å². The molecule has 0 bridgehead atoms. The van der Waals surface area contributed by atoms with Crippen LogP contribution >= 0.6 is 11.8 Å². The van der Waals surface area contributed by atoms with Crippen LogP contribution in [0.3, 0.4) is 0 Å². The number of ether oxygens (including phenoxy) is 1. The summed E-state index contributed by atoms with van der Waals surface area (Å²) in [5, 5.41) is 12.0. The third-order valence-electron chi connectivity index (χ3n) is 3.22. The lowest BCUT2D eigenvalue weighted by molar-refractivity contribution is -0.115. The van der Waals surface area contributed by atoms with Crippen molar-refractivity contribution in [1.29, 1.82) is 5.26 Å². The summed E-state index contributed by atoms with van der Waals surface area (Å²) in [6.45, 7) is 3.52.